The van der Waals surface area contributed by atoms with E-state index in [9.17, 15) is 4.79 Å². The molecule has 5 nitrogen and oxygen atoms in total. The molecule has 0 saturated carbocycles. The van der Waals surface area contributed by atoms with Crippen LogP contribution >= 0.6 is 0 Å². The van der Waals surface area contributed by atoms with E-state index in [0.29, 0.717) is 11.5 Å². The Hall–Kier alpha value is -2.30. The summed E-state index contributed by atoms with van der Waals surface area (Å²) in [6, 6.07) is 7.47. The van der Waals surface area contributed by atoms with Crippen molar-refractivity contribution in [3.05, 3.63) is 41.6 Å². The van der Waals surface area contributed by atoms with Crippen LogP contribution in [0.2, 0.25) is 0 Å². The third-order valence-corrected chi connectivity index (χ3v) is 3.18. The van der Waals surface area contributed by atoms with Crippen molar-refractivity contribution in [3.8, 4) is 0 Å². The van der Waals surface area contributed by atoms with Gasteiger partial charge in [0.05, 0.1) is 6.20 Å². The Kier molecular flexibility index (Phi) is 4.40. The molecule has 1 amide bonds. The average molecular weight is 272 g/mol. The predicted molar refractivity (Wildman–Crippen MR) is 81.3 cm³/mol. The molecule has 2 rings (SSSR count). The van der Waals surface area contributed by atoms with Crippen molar-refractivity contribution in [3.63, 3.8) is 0 Å². The smallest absolute Gasteiger partial charge is 0.257 e. The molecule has 1 aromatic carbocycles. The lowest BCUT2D eigenvalue weighted by Crippen LogP contribution is -2.22. The molecule has 2 N–H and O–H groups in total. The van der Waals surface area contributed by atoms with Gasteiger partial charge in [-0.15, -0.1) is 0 Å². The maximum atomic E-state index is 12.1. The molecular weight excluding hydrogens is 252 g/mol. The van der Waals surface area contributed by atoms with Crippen molar-refractivity contribution in [2.45, 2.75) is 20.8 Å². The van der Waals surface area contributed by atoms with Crippen molar-refractivity contribution in [2.75, 3.05) is 23.3 Å². The van der Waals surface area contributed by atoms with Gasteiger partial charge in [0.15, 0.2) is 0 Å². The lowest BCUT2D eigenvalue weighted by Gasteiger charge is -2.17. The van der Waals surface area contributed by atoms with Crippen LogP contribution in [0, 0.1) is 6.92 Å². The number of aromatic amines is 1. The fraction of sp³-hybridized carbons (Fsp3) is 0.333. The summed E-state index contributed by atoms with van der Waals surface area (Å²) in [7, 11) is 0. The van der Waals surface area contributed by atoms with Gasteiger partial charge in [-0.25, -0.2) is 4.98 Å². The van der Waals surface area contributed by atoms with Gasteiger partial charge in [0.2, 0.25) is 5.95 Å². The molecule has 0 bridgehead atoms. The first kappa shape index (κ1) is 14.1. The van der Waals surface area contributed by atoms with Crippen LogP contribution in [0.15, 0.2) is 30.5 Å². The molecule has 5 heteroatoms. The summed E-state index contributed by atoms with van der Waals surface area (Å²) in [5, 5.41) is 2.78. The molecule has 0 spiro atoms. The van der Waals surface area contributed by atoms with E-state index in [2.05, 4.69) is 34.0 Å². The Morgan fingerprint density at radius 1 is 1.35 bits per heavy atom. The molecule has 0 fully saturated rings. The number of carbonyl (C=O) groups excluding carboxylic acids is 1. The Morgan fingerprint density at radius 2 is 2.10 bits per heavy atom. The SMILES string of the molecule is CCN(CC)c1cnc(NC(=O)c2cccc(C)c2)[nH]1. The average Bonchev–Trinajstić information content (AvgIpc) is 2.88. The Labute approximate surface area is 119 Å². The van der Waals surface area contributed by atoms with Gasteiger partial charge >= 0.3 is 0 Å². The monoisotopic (exact) mass is 272 g/mol. The van der Waals surface area contributed by atoms with Crippen molar-refractivity contribution >= 4 is 17.7 Å². The zero-order valence-electron chi connectivity index (χ0n) is 12.1. The first-order chi connectivity index (χ1) is 9.63. The van der Waals surface area contributed by atoms with Crippen LogP contribution in [0.3, 0.4) is 0 Å². The zero-order chi connectivity index (χ0) is 14.5. The topological polar surface area (TPSA) is 61.0 Å². The van der Waals surface area contributed by atoms with E-state index >= 15 is 0 Å². The number of nitrogens with zero attached hydrogens (tertiary/aromatic N) is 2. The summed E-state index contributed by atoms with van der Waals surface area (Å²) in [4.78, 5) is 21.5. The summed E-state index contributed by atoms with van der Waals surface area (Å²) in [5.74, 6) is 1.22. The van der Waals surface area contributed by atoms with Crippen LogP contribution in [0.1, 0.15) is 29.8 Å². The normalized spacial score (nSPS) is 10.3. The minimum Gasteiger partial charge on any atom is -0.357 e. The molecule has 0 atom stereocenters. The second-order valence-corrected chi connectivity index (χ2v) is 4.61. The Bertz CT molecular complexity index is 587. The van der Waals surface area contributed by atoms with Gasteiger partial charge in [0.1, 0.15) is 5.82 Å². The number of aromatic nitrogens is 2. The Morgan fingerprint density at radius 3 is 2.75 bits per heavy atom. The highest BCUT2D eigenvalue weighted by atomic mass is 16.1. The number of nitrogens with one attached hydrogen (secondary N) is 2. The number of aryl methyl sites for hydroxylation is 1. The van der Waals surface area contributed by atoms with E-state index in [1.165, 1.54) is 0 Å². The molecule has 1 heterocycles. The number of rotatable bonds is 5. The maximum absolute atomic E-state index is 12.1. The van der Waals surface area contributed by atoms with E-state index in [-0.39, 0.29) is 5.91 Å². The molecule has 0 unspecified atom stereocenters. The van der Waals surface area contributed by atoms with Gasteiger partial charge in [0.25, 0.3) is 5.91 Å². The molecule has 0 radical (unpaired) electrons. The lowest BCUT2D eigenvalue weighted by atomic mass is 10.1. The molecule has 2 aromatic rings. The Balaban J connectivity index is 2.09. The fourth-order valence-electron chi connectivity index (χ4n) is 2.07. The molecule has 0 aliphatic heterocycles. The minimum absolute atomic E-state index is 0.158. The van der Waals surface area contributed by atoms with E-state index in [1.807, 2.05) is 25.1 Å². The number of carbonyl (C=O) groups is 1. The van der Waals surface area contributed by atoms with Crippen molar-refractivity contribution in [1.82, 2.24) is 9.97 Å². The summed E-state index contributed by atoms with van der Waals surface area (Å²) in [5.41, 5.74) is 1.69. The van der Waals surface area contributed by atoms with Crippen LogP contribution in [0.4, 0.5) is 11.8 Å². The quantitative estimate of drug-likeness (QED) is 0.879. The van der Waals surface area contributed by atoms with Crippen LogP contribution in [-0.2, 0) is 0 Å². The van der Waals surface area contributed by atoms with E-state index in [0.717, 1.165) is 24.5 Å². The summed E-state index contributed by atoms with van der Waals surface area (Å²) in [6.07, 6.45) is 1.73. The number of H-pyrrole nitrogens is 1. The number of hydrogen-bond donors (Lipinski definition) is 2. The molecule has 106 valence electrons. The molecular formula is C15H20N4O. The number of hydrogen-bond acceptors (Lipinski definition) is 3. The highest BCUT2D eigenvalue weighted by molar-refractivity contribution is 6.03. The zero-order valence-corrected chi connectivity index (χ0v) is 12.1. The minimum atomic E-state index is -0.158. The third kappa shape index (κ3) is 3.17. The van der Waals surface area contributed by atoms with Gasteiger partial charge in [-0.2, -0.15) is 0 Å². The van der Waals surface area contributed by atoms with Gasteiger partial charge in [0, 0.05) is 18.7 Å². The van der Waals surface area contributed by atoms with Crippen LogP contribution in [-0.4, -0.2) is 29.0 Å². The largest absolute Gasteiger partial charge is 0.357 e. The number of amides is 1. The van der Waals surface area contributed by atoms with Crippen molar-refractivity contribution in [1.29, 1.82) is 0 Å². The number of imidazole rings is 1. The predicted octanol–water partition coefficient (Wildman–Crippen LogP) is 2.82. The first-order valence-corrected chi connectivity index (χ1v) is 6.82. The van der Waals surface area contributed by atoms with Gasteiger partial charge < -0.3 is 9.88 Å². The van der Waals surface area contributed by atoms with Gasteiger partial charge in [-0.3, -0.25) is 10.1 Å². The highest BCUT2D eigenvalue weighted by Gasteiger charge is 2.10. The van der Waals surface area contributed by atoms with Crippen molar-refractivity contribution in [2.24, 2.45) is 0 Å². The molecule has 0 aliphatic rings. The third-order valence-electron chi connectivity index (χ3n) is 3.18. The first-order valence-electron chi connectivity index (χ1n) is 6.82. The molecule has 20 heavy (non-hydrogen) atoms. The molecule has 0 saturated heterocycles. The number of benzene rings is 1. The van der Waals surface area contributed by atoms with E-state index in [1.54, 1.807) is 12.3 Å². The number of anilines is 2. The summed E-state index contributed by atoms with van der Waals surface area (Å²) >= 11 is 0. The second-order valence-electron chi connectivity index (χ2n) is 4.61. The standard InChI is InChI=1S/C15H20N4O/c1-4-19(5-2)13-10-16-15(17-13)18-14(20)12-8-6-7-11(3)9-12/h6-10H,4-5H2,1-3H3,(H2,16,17,18,20). The maximum Gasteiger partial charge on any atom is 0.257 e. The lowest BCUT2D eigenvalue weighted by molar-refractivity contribution is 0.102. The summed E-state index contributed by atoms with van der Waals surface area (Å²) in [6.45, 7) is 7.90. The summed E-state index contributed by atoms with van der Waals surface area (Å²) < 4.78 is 0. The molecule has 1 aromatic heterocycles. The van der Waals surface area contributed by atoms with E-state index < -0.39 is 0 Å². The van der Waals surface area contributed by atoms with Crippen LogP contribution in [0.25, 0.3) is 0 Å². The van der Waals surface area contributed by atoms with Crippen LogP contribution < -0.4 is 10.2 Å². The van der Waals surface area contributed by atoms with Gasteiger partial charge in [-0.05, 0) is 32.9 Å². The van der Waals surface area contributed by atoms with Crippen LogP contribution in [0.5, 0.6) is 0 Å². The second kappa shape index (κ2) is 6.23. The fourth-order valence-corrected chi connectivity index (χ4v) is 2.07. The highest BCUT2D eigenvalue weighted by Crippen LogP contribution is 2.14. The van der Waals surface area contributed by atoms with Crippen molar-refractivity contribution < 1.29 is 4.79 Å². The van der Waals surface area contributed by atoms with Gasteiger partial charge in [-0.1, -0.05) is 17.7 Å². The molecule has 0 aliphatic carbocycles. The van der Waals surface area contributed by atoms with E-state index in [4.69, 9.17) is 0 Å².